The Kier molecular flexibility index (Phi) is 6.01. The molecule has 0 radical (unpaired) electrons. The summed E-state index contributed by atoms with van der Waals surface area (Å²) < 4.78 is 1.86. The summed E-state index contributed by atoms with van der Waals surface area (Å²) in [6.07, 6.45) is 1.86. The number of aromatic nitrogens is 3. The minimum absolute atomic E-state index is 0.574. The number of pyridine rings is 1. The molecule has 0 atom stereocenters. The molecule has 6 nitrogen and oxygen atoms in total. The minimum Gasteiger partial charge on any atom is -0.357 e. The Balaban J connectivity index is 1.64. The van der Waals surface area contributed by atoms with E-state index in [4.69, 9.17) is 0 Å². The van der Waals surface area contributed by atoms with E-state index in [9.17, 15) is 0 Å². The second-order valence-electron chi connectivity index (χ2n) is 5.99. The van der Waals surface area contributed by atoms with Crippen molar-refractivity contribution in [3.63, 3.8) is 0 Å². The van der Waals surface area contributed by atoms with E-state index in [0.717, 1.165) is 41.8 Å². The number of aliphatic imine (C=N–C) groups is 1. The number of rotatable bonds is 6. The summed E-state index contributed by atoms with van der Waals surface area (Å²) in [5, 5.41) is 13.2. The van der Waals surface area contributed by atoms with E-state index >= 15 is 0 Å². The standard InChI is InChI=1S/C19H24N6S/c1-4-20-19(23-13-17-6-5-9-26-17)22-12-16-7-8-18(21-11-16)25-15(3)10-14(2)24-25/h5-11H,4,12-13H2,1-3H3,(H2,20,22,23). The van der Waals surface area contributed by atoms with Gasteiger partial charge in [-0.3, -0.25) is 0 Å². The fraction of sp³-hybridized carbons (Fsp3) is 0.316. The molecule has 0 saturated heterocycles. The van der Waals surface area contributed by atoms with E-state index in [0.29, 0.717) is 6.54 Å². The molecular formula is C19H24N6S. The molecule has 0 unspecified atom stereocenters. The Morgan fingerprint density at radius 2 is 2.12 bits per heavy atom. The molecule has 3 rings (SSSR count). The Hall–Kier alpha value is -2.67. The lowest BCUT2D eigenvalue weighted by Crippen LogP contribution is -2.36. The largest absolute Gasteiger partial charge is 0.357 e. The molecule has 26 heavy (non-hydrogen) atoms. The van der Waals surface area contributed by atoms with Crippen LogP contribution in [0.5, 0.6) is 0 Å². The first-order chi connectivity index (χ1) is 12.7. The van der Waals surface area contributed by atoms with Crippen LogP contribution in [0.3, 0.4) is 0 Å². The van der Waals surface area contributed by atoms with Gasteiger partial charge >= 0.3 is 0 Å². The average Bonchev–Trinajstić information content (AvgIpc) is 3.27. The number of nitrogens with one attached hydrogen (secondary N) is 2. The van der Waals surface area contributed by atoms with Crippen LogP contribution in [0.2, 0.25) is 0 Å². The minimum atomic E-state index is 0.574. The lowest BCUT2D eigenvalue weighted by Gasteiger charge is -2.10. The molecule has 136 valence electrons. The molecule has 7 heteroatoms. The highest BCUT2D eigenvalue weighted by molar-refractivity contribution is 7.09. The lowest BCUT2D eigenvalue weighted by atomic mass is 10.3. The first kappa shape index (κ1) is 18.1. The van der Waals surface area contributed by atoms with Crippen molar-refractivity contribution in [1.82, 2.24) is 25.4 Å². The molecular weight excluding hydrogens is 344 g/mol. The van der Waals surface area contributed by atoms with Crippen molar-refractivity contribution in [1.29, 1.82) is 0 Å². The van der Waals surface area contributed by atoms with Gasteiger partial charge < -0.3 is 10.6 Å². The van der Waals surface area contributed by atoms with Gasteiger partial charge in [0.05, 0.1) is 18.8 Å². The summed E-state index contributed by atoms with van der Waals surface area (Å²) in [6, 6.07) is 10.2. The van der Waals surface area contributed by atoms with Gasteiger partial charge in [-0.05, 0) is 49.9 Å². The van der Waals surface area contributed by atoms with Gasteiger partial charge in [0.15, 0.2) is 11.8 Å². The van der Waals surface area contributed by atoms with Crippen molar-refractivity contribution in [2.75, 3.05) is 6.54 Å². The van der Waals surface area contributed by atoms with E-state index in [-0.39, 0.29) is 0 Å². The van der Waals surface area contributed by atoms with Crippen LogP contribution in [-0.2, 0) is 13.1 Å². The maximum absolute atomic E-state index is 4.64. The predicted molar refractivity (Wildman–Crippen MR) is 107 cm³/mol. The van der Waals surface area contributed by atoms with Crippen molar-refractivity contribution in [2.45, 2.75) is 33.9 Å². The zero-order chi connectivity index (χ0) is 18.4. The Morgan fingerprint density at radius 3 is 2.73 bits per heavy atom. The van der Waals surface area contributed by atoms with Crippen molar-refractivity contribution in [3.05, 3.63) is 63.7 Å². The van der Waals surface area contributed by atoms with Crippen LogP contribution >= 0.6 is 11.3 Å². The number of guanidine groups is 1. The van der Waals surface area contributed by atoms with Crippen LogP contribution in [0, 0.1) is 13.8 Å². The molecule has 0 fully saturated rings. The molecule has 3 aromatic heterocycles. The molecule has 0 aromatic carbocycles. The number of hydrogen-bond donors (Lipinski definition) is 2. The maximum atomic E-state index is 4.64. The molecule has 0 spiro atoms. The first-order valence-corrected chi connectivity index (χ1v) is 9.57. The molecule has 3 aromatic rings. The molecule has 2 N–H and O–H groups in total. The molecule has 0 aliphatic heterocycles. The van der Waals surface area contributed by atoms with Crippen molar-refractivity contribution in [2.24, 2.45) is 4.99 Å². The van der Waals surface area contributed by atoms with Crippen molar-refractivity contribution >= 4 is 17.3 Å². The zero-order valence-corrected chi connectivity index (χ0v) is 16.2. The predicted octanol–water partition coefficient (Wildman–Crippen LogP) is 3.20. The van der Waals surface area contributed by atoms with Crippen LogP contribution < -0.4 is 10.6 Å². The zero-order valence-electron chi connectivity index (χ0n) is 15.4. The van der Waals surface area contributed by atoms with Crippen molar-refractivity contribution in [3.8, 4) is 5.82 Å². The molecule has 0 bridgehead atoms. The lowest BCUT2D eigenvalue weighted by molar-refractivity contribution is 0.800. The number of thiophene rings is 1. The van der Waals surface area contributed by atoms with Gasteiger partial charge in [0, 0.05) is 23.3 Å². The van der Waals surface area contributed by atoms with Crippen LogP contribution in [0.1, 0.15) is 28.8 Å². The summed E-state index contributed by atoms with van der Waals surface area (Å²) in [4.78, 5) is 10.5. The SMILES string of the molecule is CCNC(=NCc1ccc(-n2nc(C)cc2C)nc1)NCc1cccs1. The quantitative estimate of drug-likeness (QED) is 0.518. The van der Waals surface area contributed by atoms with Gasteiger partial charge in [-0.15, -0.1) is 11.3 Å². The highest BCUT2D eigenvalue weighted by Crippen LogP contribution is 2.11. The summed E-state index contributed by atoms with van der Waals surface area (Å²) in [5.41, 5.74) is 3.13. The Labute approximate surface area is 158 Å². The van der Waals surface area contributed by atoms with Crippen LogP contribution in [0.4, 0.5) is 0 Å². The topological polar surface area (TPSA) is 67.1 Å². The van der Waals surface area contributed by atoms with Gasteiger partial charge in [-0.1, -0.05) is 12.1 Å². The first-order valence-electron chi connectivity index (χ1n) is 8.69. The third-order valence-electron chi connectivity index (χ3n) is 3.81. The normalized spacial score (nSPS) is 11.6. The summed E-state index contributed by atoms with van der Waals surface area (Å²) in [7, 11) is 0. The maximum Gasteiger partial charge on any atom is 0.191 e. The smallest absolute Gasteiger partial charge is 0.191 e. The van der Waals surface area contributed by atoms with E-state index in [1.165, 1.54) is 4.88 Å². The van der Waals surface area contributed by atoms with E-state index in [1.807, 2.05) is 42.9 Å². The Morgan fingerprint density at radius 1 is 1.23 bits per heavy atom. The van der Waals surface area contributed by atoms with E-state index in [2.05, 4.69) is 50.1 Å². The fourth-order valence-corrected chi connectivity index (χ4v) is 3.24. The van der Waals surface area contributed by atoms with Gasteiger partial charge in [-0.2, -0.15) is 5.10 Å². The number of hydrogen-bond acceptors (Lipinski definition) is 4. The molecule has 0 saturated carbocycles. The second kappa shape index (κ2) is 8.62. The highest BCUT2D eigenvalue weighted by Gasteiger charge is 2.05. The average molecular weight is 369 g/mol. The van der Waals surface area contributed by atoms with Crippen LogP contribution in [0.15, 0.2) is 46.9 Å². The molecule has 0 aliphatic rings. The van der Waals surface area contributed by atoms with Crippen molar-refractivity contribution < 1.29 is 0 Å². The molecule has 3 heterocycles. The second-order valence-corrected chi connectivity index (χ2v) is 7.02. The van der Waals surface area contributed by atoms with Crippen LogP contribution in [-0.4, -0.2) is 27.3 Å². The van der Waals surface area contributed by atoms with Gasteiger partial charge in [0.2, 0.25) is 0 Å². The van der Waals surface area contributed by atoms with E-state index < -0.39 is 0 Å². The fourth-order valence-electron chi connectivity index (χ4n) is 2.59. The summed E-state index contributed by atoms with van der Waals surface area (Å²) in [6.45, 7) is 8.25. The van der Waals surface area contributed by atoms with Gasteiger partial charge in [0.1, 0.15) is 0 Å². The number of nitrogens with zero attached hydrogens (tertiary/aromatic N) is 4. The van der Waals surface area contributed by atoms with Crippen LogP contribution in [0.25, 0.3) is 5.82 Å². The Bertz CT molecular complexity index is 849. The van der Waals surface area contributed by atoms with Gasteiger partial charge in [-0.25, -0.2) is 14.7 Å². The number of aryl methyl sites for hydroxylation is 2. The summed E-state index contributed by atoms with van der Waals surface area (Å²) in [5.74, 6) is 1.63. The molecule has 0 amide bonds. The highest BCUT2D eigenvalue weighted by atomic mass is 32.1. The third-order valence-corrected chi connectivity index (χ3v) is 4.69. The monoisotopic (exact) mass is 368 g/mol. The van der Waals surface area contributed by atoms with Gasteiger partial charge in [0.25, 0.3) is 0 Å². The third kappa shape index (κ3) is 4.70. The van der Waals surface area contributed by atoms with E-state index in [1.54, 1.807) is 11.3 Å². The molecule has 0 aliphatic carbocycles. The summed E-state index contributed by atoms with van der Waals surface area (Å²) >= 11 is 1.74.